The normalized spacial score (nSPS) is 20.1. The molecule has 1 saturated heterocycles. The molecule has 18 heavy (non-hydrogen) atoms. The van der Waals surface area contributed by atoms with Gasteiger partial charge in [-0.05, 0) is 52.3 Å². The van der Waals surface area contributed by atoms with Crippen molar-refractivity contribution in [3.05, 3.63) is 23.9 Å². The van der Waals surface area contributed by atoms with E-state index in [-0.39, 0.29) is 0 Å². The molecule has 1 aromatic heterocycles. The minimum absolute atomic E-state index is 0.489. The number of nitrogens with one attached hydrogen (secondary N) is 1. The summed E-state index contributed by atoms with van der Waals surface area (Å²) in [5.41, 5.74) is 1.09. The van der Waals surface area contributed by atoms with E-state index < -0.39 is 0 Å². The standard InChI is InChI=1S/C15H25N3/c1-12(2)18(11-14-8-4-5-10-16-14)15-9-6-7-13(3)17-15/h6-7,9,12,14,16H,4-5,8,10-11H2,1-3H3. The summed E-state index contributed by atoms with van der Waals surface area (Å²) in [4.78, 5) is 7.07. The molecule has 3 heteroatoms. The summed E-state index contributed by atoms with van der Waals surface area (Å²) in [5, 5.41) is 3.62. The van der Waals surface area contributed by atoms with Gasteiger partial charge in [0, 0.05) is 24.3 Å². The predicted molar refractivity (Wildman–Crippen MR) is 77.1 cm³/mol. The highest BCUT2D eigenvalue weighted by Gasteiger charge is 2.19. The van der Waals surface area contributed by atoms with E-state index in [9.17, 15) is 0 Å². The average molecular weight is 247 g/mol. The van der Waals surface area contributed by atoms with Gasteiger partial charge >= 0.3 is 0 Å². The van der Waals surface area contributed by atoms with Gasteiger partial charge in [0.05, 0.1) is 0 Å². The maximum atomic E-state index is 4.66. The Labute approximate surface area is 111 Å². The second-order valence-corrected chi connectivity index (χ2v) is 5.53. The molecule has 1 aliphatic rings. The number of aromatic nitrogens is 1. The molecule has 0 radical (unpaired) electrons. The molecular formula is C15H25N3. The summed E-state index contributed by atoms with van der Waals surface area (Å²) in [6.07, 6.45) is 3.96. The van der Waals surface area contributed by atoms with Crippen LogP contribution in [-0.4, -0.2) is 30.2 Å². The van der Waals surface area contributed by atoms with E-state index in [4.69, 9.17) is 0 Å². The Hall–Kier alpha value is -1.09. The van der Waals surface area contributed by atoms with E-state index in [1.807, 2.05) is 0 Å². The summed E-state index contributed by atoms with van der Waals surface area (Å²) in [5.74, 6) is 1.11. The van der Waals surface area contributed by atoms with E-state index in [2.05, 4.69) is 54.2 Å². The van der Waals surface area contributed by atoms with Crippen LogP contribution < -0.4 is 10.2 Å². The second-order valence-electron chi connectivity index (χ2n) is 5.53. The number of anilines is 1. The Balaban J connectivity index is 2.07. The van der Waals surface area contributed by atoms with Gasteiger partial charge in [0.1, 0.15) is 5.82 Å². The van der Waals surface area contributed by atoms with Crippen LogP contribution in [0.25, 0.3) is 0 Å². The zero-order chi connectivity index (χ0) is 13.0. The van der Waals surface area contributed by atoms with Gasteiger partial charge in [-0.15, -0.1) is 0 Å². The van der Waals surface area contributed by atoms with Crippen molar-refractivity contribution in [3.63, 3.8) is 0 Å². The highest BCUT2D eigenvalue weighted by atomic mass is 15.2. The monoisotopic (exact) mass is 247 g/mol. The third-order valence-corrected chi connectivity index (χ3v) is 3.62. The van der Waals surface area contributed by atoms with Crippen LogP contribution in [0.3, 0.4) is 0 Å². The fourth-order valence-electron chi connectivity index (χ4n) is 2.57. The Morgan fingerprint density at radius 2 is 2.22 bits per heavy atom. The largest absolute Gasteiger partial charge is 0.353 e. The smallest absolute Gasteiger partial charge is 0.129 e. The molecule has 1 aromatic rings. The maximum absolute atomic E-state index is 4.66. The molecule has 3 nitrogen and oxygen atoms in total. The van der Waals surface area contributed by atoms with Crippen LogP contribution in [0, 0.1) is 6.92 Å². The average Bonchev–Trinajstić information content (AvgIpc) is 2.37. The van der Waals surface area contributed by atoms with Crippen LogP contribution in [0.2, 0.25) is 0 Å². The summed E-state index contributed by atoms with van der Waals surface area (Å²) in [6.45, 7) is 8.77. The maximum Gasteiger partial charge on any atom is 0.129 e. The van der Waals surface area contributed by atoms with Crippen molar-refractivity contribution in [3.8, 4) is 0 Å². The van der Waals surface area contributed by atoms with E-state index in [1.54, 1.807) is 0 Å². The quantitative estimate of drug-likeness (QED) is 0.886. The molecule has 1 unspecified atom stereocenters. The number of aryl methyl sites for hydroxylation is 1. The van der Waals surface area contributed by atoms with Gasteiger partial charge in [0.25, 0.3) is 0 Å². The van der Waals surface area contributed by atoms with Crippen LogP contribution >= 0.6 is 0 Å². The Bertz CT molecular complexity index is 370. The lowest BCUT2D eigenvalue weighted by atomic mass is 10.0. The first-order valence-electron chi connectivity index (χ1n) is 7.10. The van der Waals surface area contributed by atoms with Crippen molar-refractivity contribution in [2.45, 2.75) is 52.1 Å². The van der Waals surface area contributed by atoms with Gasteiger partial charge in [0.2, 0.25) is 0 Å². The predicted octanol–water partition coefficient (Wildman–Crippen LogP) is 2.75. The number of pyridine rings is 1. The molecule has 0 aliphatic carbocycles. The first-order valence-corrected chi connectivity index (χ1v) is 7.10. The van der Waals surface area contributed by atoms with Gasteiger partial charge in [-0.1, -0.05) is 12.5 Å². The third kappa shape index (κ3) is 3.45. The third-order valence-electron chi connectivity index (χ3n) is 3.62. The van der Waals surface area contributed by atoms with Gasteiger partial charge in [-0.25, -0.2) is 4.98 Å². The molecular weight excluding hydrogens is 222 g/mol. The van der Waals surface area contributed by atoms with Crippen molar-refractivity contribution in [2.75, 3.05) is 18.0 Å². The molecule has 0 aromatic carbocycles. The molecule has 0 saturated carbocycles. The van der Waals surface area contributed by atoms with Gasteiger partial charge < -0.3 is 10.2 Å². The fraction of sp³-hybridized carbons (Fsp3) is 0.667. The van der Waals surface area contributed by atoms with Crippen molar-refractivity contribution < 1.29 is 0 Å². The van der Waals surface area contributed by atoms with Gasteiger partial charge in [-0.2, -0.15) is 0 Å². The summed E-state index contributed by atoms with van der Waals surface area (Å²) >= 11 is 0. The number of rotatable bonds is 4. The SMILES string of the molecule is Cc1cccc(N(CC2CCCCN2)C(C)C)n1. The molecule has 0 amide bonds. The topological polar surface area (TPSA) is 28.2 Å². The van der Waals surface area contributed by atoms with Gasteiger partial charge in [0.15, 0.2) is 0 Å². The Morgan fingerprint density at radius 1 is 1.39 bits per heavy atom. The molecule has 0 spiro atoms. The van der Waals surface area contributed by atoms with Gasteiger partial charge in [-0.3, -0.25) is 0 Å². The molecule has 100 valence electrons. The lowest BCUT2D eigenvalue weighted by Crippen LogP contribution is -2.46. The molecule has 2 heterocycles. The zero-order valence-corrected chi connectivity index (χ0v) is 11.8. The lowest BCUT2D eigenvalue weighted by molar-refractivity contribution is 0.392. The molecule has 2 rings (SSSR count). The minimum atomic E-state index is 0.489. The molecule has 1 N–H and O–H groups in total. The van der Waals surface area contributed by atoms with E-state index in [0.717, 1.165) is 24.6 Å². The van der Waals surface area contributed by atoms with E-state index in [1.165, 1.54) is 19.3 Å². The van der Waals surface area contributed by atoms with Crippen LogP contribution in [0.4, 0.5) is 5.82 Å². The summed E-state index contributed by atoms with van der Waals surface area (Å²) in [7, 11) is 0. The number of hydrogen-bond acceptors (Lipinski definition) is 3. The van der Waals surface area contributed by atoms with Crippen molar-refractivity contribution >= 4 is 5.82 Å². The molecule has 1 atom stereocenters. The van der Waals surface area contributed by atoms with Crippen molar-refractivity contribution in [1.82, 2.24) is 10.3 Å². The molecule has 1 fully saturated rings. The minimum Gasteiger partial charge on any atom is -0.353 e. The van der Waals surface area contributed by atoms with Crippen LogP contribution in [-0.2, 0) is 0 Å². The highest BCUT2D eigenvalue weighted by molar-refractivity contribution is 5.40. The Morgan fingerprint density at radius 3 is 2.83 bits per heavy atom. The van der Waals surface area contributed by atoms with E-state index >= 15 is 0 Å². The number of piperidine rings is 1. The van der Waals surface area contributed by atoms with Crippen LogP contribution in [0.5, 0.6) is 0 Å². The first kappa shape index (κ1) is 13.3. The van der Waals surface area contributed by atoms with Crippen LogP contribution in [0.1, 0.15) is 38.8 Å². The van der Waals surface area contributed by atoms with E-state index in [0.29, 0.717) is 12.1 Å². The second kappa shape index (κ2) is 6.19. The number of nitrogens with zero attached hydrogens (tertiary/aromatic N) is 2. The first-order chi connectivity index (χ1) is 8.66. The van der Waals surface area contributed by atoms with Crippen molar-refractivity contribution in [2.24, 2.45) is 0 Å². The summed E-state index contributed by atoms with van der Waals surface area (Å²) in [6, 6.07) is 7.38. The number of hydrogen-bond donors (Lipinski definition) is 1. The Kier molecular flexibility index (Phi) is 4.59. The summed E-state index contributed by atoms with van der Waals surface area (Å²) < 4.78 is 0. The zero-order valence-electron chi connectivity index (χ0n) is 11.8. The lowest BCUT2D eigenvalue weighted by Gasteiger charge is -2.34. The highest BCUT2D eigenvalue weighted by Crippen LogP contribution is 2.17. The van der Waals surface area contributed by atoms with Crippen LogP contribution in [0.15, 0.2) is 18.2 Å². The molecule has 1 aliphatic heterocycles. The van der Waals surface area contributed by atoms with Crippen molar-refractivity contribution in [1.29, 1.82) is 0 Å². The molecule has 0 bridgehead atoms. The fourth-order valence-corrected chi connectivity index (χ4v) is 2.57.